The van der Waals surface area contributed by atoms with Crippen LogP contribution in [0, 0.1) is 0 Å². The predicted octanol–water partition coefficient (Wildman–Crippen LogP) is 4.28. The van der Waals surface area contributed by atoms with Crippen molar-refractivity contribution in [3.63, 3.8) is 0 Å². The molecular weight excluding hydrogens is 318 g/mol. The van der Waals surface area contributed by atoms with Crippen LogP contribution < -0.4 is 4.72 Å². The van der Waals surface area contributed by atoms with Gasteiger partial charge in [-0.05, 0) is 48.4 Å². The average Bonchev–Trinajstić information content (AvgIpc) is 2.53. The molecule has 0 aliphatic rings. The van der Waals surface area contributed by atoms with Crippen LogP contribution in [0.4, 0.5) is 0 Å². The minimum Gasteiger partial charge on any atom is -0.208 e. The molecule has 0 bridgehead atoms. The van der Waals surface area contributed by atoms with Crippen LogP contribution in [0.2, 0.25) is 0 Å². The number of benzene rings is 2. The topological polar surface area (TPSA) is 46.2 Å². The van der Waals surface area contributed by atoms with Crippen molar-refractivity contribution in [3.8, 4) is 0 Å². The molecule has 1 atom stereocenters. The van der Waals surface area contributed by atoms with Gasteiger partial charge in [-0.2, -0.15) is 0 Å². The van der Waals surface area contributed by atoms with E-state index in [-0.39, 0.29) is 11.5 Å². The first kappa shape index (κ1) is 18.7. The second-order valence-electron chi connectivity index (χ2n) is 7.32. The van der Waals surface area contributed by atoms with Crippen LogP contribution in [0.5, 0.6) is 0 Å². The summed E-state index contributed by atoms with van der Waals surface area (Å²) in [5.74, 6) is 0. The average molecular weight is 346 g/mol. The molecule has 0 fully saturated rings. The van der Waals surface area contributed by atoms with E-state index in [1.807, 2.05) is 37.3 Å². The summed E-state index contributed by atoms with van der Waals surface area (Å²) in [5, 5.41) is 0. The summed E-state index contributed by atoms with van der Waals surface area (Å²) in [6, 6.07) is 17.2. The van der Waals surface area contributed by atoms with E-state index in [2.05, 4.69) is 37.6 Å². The molecule has 0 aromatic heterocycles. The summed E-state index contributed by atoms with van der Waals surface area (Å²) in [4.78, 5) is 0.321. The molecule has 3 nitrogen and oxygen atoms in total. The highest BCUT2D eigenvalue weighted by Crippen LogP contribution is 2.23. The lowest BCUT2D eigenvalue weighted by atomic mass is 9.87. The van der Waals surface area contributed by atoms with Crippen molar-refractivity contribution >= 4 is 10.0 Å². The monoisotopic (exact) mass is 345 g/mol. The predicted molar refractivity (Wildman–Crippen MR) is 99.7 cm³/mol. The van der Waals surface area contributed by atoms with Crippen molar-refractivity contribution < 1.29 is 8.42 Å². The zero-order valence-corrected chi connectivity index (χ0v) is 15.7. The standard InChI is InChI=1S/C20H27NO2S/c1-16(10-11-17-8-6-5-7-9-17)21-24(22,23)19-14-12-18(13-15-19)20(2,3)4/h5-9,12-16,21H,10-11H2,1-4H3/t16-/m0/s1. The molecule has 0 heterocycles. The van der Waals surface area contributed by atoms with Gasteiger partial charge in [0.2, 0.25) is 10.0 Å². The van der Waals surface area contributed by atoms with Gasteiger partial charge in [-0.25, -0.2) is 13.1 Å². The fourth-order valence-electron chi connectivity index (χ4n) is 2.55. The quantitative estimate of drug-likeness (QED) is 0.849. The zero-order valence-electron chi connectivity index (χ0n) is 14.9. The lowest BCUT2D eigenvalue weighted by Gasteiger charge is -2.19. The highest BCUT2D eigenvalue weighted by atomic mass is 32.2. The summed E-state index contributed by atoms with van der Waals surface area (Å²) in [7, 11) is -3.48. The Morgan fingerprint density at radius 2 is 1.54 bits per heavy atom. The molecule has 2 aromatic rings. The molecular formula is C20H27NO2S. The first-order valence-electron chi connectivity index (χ1n) is 8.35. The second kappa shape index (κ2) is 7.49. The second-order valence-corrected chi connectivity index (χ2v) is 9.03. The minimum atomic E-state index is -3.48. The fourth-order valence-corrected chi connectivity index (χ4v) is 3.83. The molecule has 2 rings (SSSR count). The Bertz CT molecular complexity index is 744. The molecule has 0 aliphatic carbocycles. The Balaban J connectivity index is 1.99. The summed E-state index contributed by atoms with van der Waals surface area (Å²) in [6.07, 6.45) is 1.62. The van der Waals surface area contributed by atoms with Crippen molar-refractivity contribution in [2.24, 2.45) is 0 Å². The molecule has 0 unspecified atom stereocenters. The summed E-state index contributed by atoms with van der Waals surface area (Å²) < 4.78 is 27.8. The minimum absolute atomic E-state index is 0.0126. The van der Waals surface area contributed by atoms with Gasteiger partial charge < -0.3 is 0 Å². The normalized spacial score (nSPS) is 13.7. The van der Waals surface area contributed by atoms with E-state index in [9.17, 15) is 8.42 Å². The Kier molecular flexibility index (Phi) is 5.83. The maximum absolute atomic E-state index is 12.5. The molecule has 4 heteroatoms. The van der Waals surface area contributed by atoms with Crippen LogP contribution in [0.1, 0.15) is 45.2 Å². The third-order valence-corrected chi connectivity index (χ3v) is 5.70. The molecule has 0 amide bonds. The van der Waals surface area contributed by atoms with E-state index in [0.29, 0.717) is 4.90 Å². The Labute approximate surface area is 146 Å². The van der Waals surface area contributed by atoms with E-state index in [0.717, 1.165) is 18.4 Å². The van der Waals surface area contributed by atoms with Gasteiger partial charge in [-0.3, -0.25) is 0 Å². The smallest absolute Gasteiger partial charge is 0.208 e. The molecule has 0 aliphatic heterocycles. The molecule has 1 N–H and O–H groups in total. The highest BCUT2D eigenvalue weighted by Gasteiger charge is 2.19. The van der Waals surface area contributed by atoms with Gasteiger partial charge in [0.15, 0.2) is 0 Å². The van der Waals surface area contributed by atoms with E-state index in [1.54, 1.807) is 12.1 Å². The van der Waals surface area contributed by atoms with Gasteiger partial charge in [-0.1, -0.05) is 63.2 Å². The van der Waals surface area contributed by atoms with Crippen molar-refractivity contribution in [2.45, 2.75) is 56.9 Å². The lowest BCUT2D eigenvalue weighted by Crippen LogP contribution is -2.33. The van der Waals surface area contributed by atoms with E-state index in [1.165, 1.54) is 5.56 Å². The van der Waals surface area contributed by atoms with Gasteiger partial charge in [-0.15, -0.1) is 0 Å². The number of hydrogen-bond acceptors (Lipinski definition) is 2. The van der Waals surface area contributed by atoms with Gasteiger partial charge in [0, 0.05) is 6.04 Å². The molecule has 0 spiro atoms. The third kappa shape index (κ3) is 5.18. The van der Waals surface area contributed by atoms with Gasteiger partial charge in [0.25, 0.3) is 0 Å². The maximum Gasteiger partial charge on any atom is 0.240 e. The largest absolute Gasteiger partial charge is 0.240 e. The van der Waals surface area contributed by atoms with Crippen molar-refractivity contribution in [2.75, 3.05) is 0 Å². The fraction of sp³-hybridized carbons (Fsp3) is 0.400. The molecule has 24 heavy (non-hydrogen) atoms. The van der Waals surface area contributed by atoms with Crippen molar-refractivity contribution in [1.29, 1.82) is 0 Å². The summed E-state index contributed by atoms with van der Waals surface area (Å²) in [6.45, 7) is 8.24. The van der Waals surface area contributed by atoms with Crippen molar-refractivity contribution in [1.82, 2.24) is 4.72 Å². The van der Waals surface area contributed by atoms with Gasteiger partial charge in [0.1, 0.15) is 0 Å². The van der Waals surface area contributed by atoms with Gasteiger partial charge in [0.05, 0.1) is 4.90 Å². The van der Waals surface area contributed by atoms with Gasteiger partial charge >= 0.3 is 0 Å². The Morgan fingerprint density at radius 1 is 0.958 bits per heavy atom. The van der Waals surface area contributed by atoms with Crippen LogP contribution >= 0.6 is 0 Å². The first-order valence-corrected chi connectivity index (χ1v) is 9.83. The number of sulfonamides is 1. The third-order valence-electron chi connectivity index (χ3n) is 4.10. The molecule has 0 saturated heterocycles. The van der Waals surface area contributed by atoms with Crippen LogP contribution in [-0.2, 0) is 21.9 Å². The lowest BCUT2D eigenvalue weighted by molar-refractivity contribution is 0.546. The Morgan fingerprint density at radius 3 is 2.08 bits per heavy atom. The van der Waals surface area contributed by atoms with Crippen LogP contribution in [-0.4, -0.2) is 14.5 Å². The summed E-state index contributed by atoms with van der Waals surface area (Å²) >= 11 is 0. The number of hydrogen-bond donors (Lipinski definition) is 1. The number of aryl methyl sites for hydroxylation is 1. The summed E-state index contributed by atoms with van der Waals surface area (Å²) in [5.41, 5.74) is 2.36. The Hall–Kier alpha value is -1.65. The van der Waals surface area contributed by atoms with Crippen molar-refractivity contribution in [3.05, 3.63) is 65.7 Å². The van der Waals surface area contributed by atoms with Crippen LogP contribution in [0.3, 0.4) is 0 Å². The van der Waals surface area contributed by atoms with Crippen LogP contribution in [0.15, 0.2) is 59.5 Å². The van der Waals surface area contributed by atoms with E-state index >= 15 is 0 Å². The first-order chi connectivity index (χ1) is 11.2. The highest BCUT2D eigenvalue weighted by molar-refractivity contribution is 7.89. The zero-order chi connectivity index (χ0) is 17.8. The molecule has 0 radical (unpaired) electrons. The molecule has 0 saturated carbocycles. The molecule has 130 valence electrons. The SMILES string of the molecule is C[C@@H](CCc1ccccc1)NS(=O)(=O)c1ccc(C(C)(C)C)cc1. The molecule has 2 aromatic carbocycles. The van der Waals surface area contributed by atoms with E-state index in [4.69, 9.17) is 0 Å². The van der Waals surface area contributed by atoms with Crippen LogP contribution in [0.25, 0.3) is 0 Å². The van der Waals surface area contributed by atoms with E-state index < -0.39 is 10.0 Å². The maximum atomic E-state index is 12.5. The number of rotatable bonds is 6. The number of nitrogens with one attached hydrogen (secondary N) is 1.